The Labute approximate surface area is 183 Å². The Bertz CT molecular complexity index is 1210. The van der Waals surface area contributed by atoms with Crippen molar-refractivity contribution in [3.05, 3.63) is 48.3 Å². The molecule has 30 heavy (non-hydrogen) atoms. The van der Waals surface area contributed by atoms with Crippen molar-refractivity contribution in [3.63, 3.8) is 0 Å². The number of nitrogens with two attached hydrogens (primary N) is 1. The largest absolute Gasteiger partial charge is 0.397 e. The lowest BCUT2D eigenvalue weighted by Gasteiger charge is -2.21. The average molecular weight is 448 g/mol. The Morgan fingerprint density at radius 3 is 2.77 bits per heavy atom. The van der Waals surface area contributed by atoms with E-state index in [-0.39, 0.29) is 24.9 Å². The summed E-state index contributed by atoms with van der Waals surface area (Å²) >= 11 is 1.44. The molecule has 0 saturated heterocycles. The van der Waals surface area contributed by atoms with Crippen LogP contribution in [0.4, 0.5) is 11.4 Å². The molecule has 0 aromatic carbocycles. The molecule has 0 spiro atoms. The summed E-state index contributed by atoms with van der Waals surface area (Å²) in [5.41, 5.74) is 8.36. The highest BCUT2D eigenvalue weighted by atomic mass is 35.5. The summed E-state index contributed by atoms with van der Waals surface area (Å²) < 4.78 is 3.40. The van der Waals surface area contributed by atoms with Crippen molar-refractivity contribution in [1.82, 2.24) is 24.4 Å². The van der Waals surface area contributed by atoms with E-state index in [1.54, 1.807) is 34.6 Å². The van der Waals surface area contributed by atoms with Crippen LogP contribution in [-0.4, -0.2) is 42.0 Å². The number of nitrogens with zero attached hydrogens (tertiary/aromatic N) is 5. The van der Waals surface area contributed by atoms with Gasteiger partial charge in [0.15, 0.2) is 0 Å². The van der Waals surface area contributed by atoms with Gasteiger partial charge in [0, 0.05) is 18.0 Å². The Hall–Kier alpha value is -2.95. The molecule has 4 N–H and O–H groups in total. The van der Waals surface area contributed by atoms with Crippen molar-refractivity contribution in [2.45, 2.75) is 26.3 Å². The molecule has 4 aromatic heterocycles. The number of hydrogen-bond donors (Lipinski definition) is 3. The number of anilines is 2. The molecule has 4 rings (SSSR count). The highest BCUT2D eigenvalue weighted by molar-refractivity contribution is 7.21. The first kappa shape index (κ1) is 21.8. The number of fused-ring (bicyclic) bond motifs is 1. The number of rotatable bonds is 5. The molecule has 4 heterocycles. The van der Waals surface area contributed by atoms with Gasteiger partial charge in [-0.05, 0) is 26.8 Å². The SMILES string of the molecule is Cc1ncc(N)cc1NC(=O)c1cnn2cc(-c3cnn(C(C)(C)CO)c3)sc12.Cl. The second-order valence-corrected chi connectivity index (χ2v) is 8.43. The zero-order chi connectivity index (χ0) is 20.8. The number of pyridine rings is 1. The molecule has 0 unspecified atom stereocenters. The van der Waals surface area contributed by atoms with Crippen molar-refractivity contribution >= 4 is 45.9 Å². The van der Waals surface area contributed by atoms with Gasteiger partial charge in [-0.25, -0.2) is 4.52 Å². The quantitative estimate of drug-likeness (QED) is 0.432. The number of nitrogens with one attached hydrogen (secondary N) is 1. The van der Waals surface area contributed by atoms with E-state index >= 15 is 0 Å². The molecule has 9 nitrogen and oxygen atoms in total. The van der Waals surface area contributed by atoms with E-state index in [2.05, 4.69) is 20.5 Å². The van der Waals surface area contributed by atoms with Crippen LogP contribution in [0.25, 0.3) is 15.3 Å². The molecule has 0 aliphatic heterocycles. The maximum Gasteiger partial charge on any atom is 0.260 e. The molecule has 1 amide bonds. The van der Waals surface area contributed by atoms with E-state index < -0.39 is 5.54 Å². The zero-order valence-corrected chi connectivity index (χ0v) is 18.3. The number of carbonyl (C=O) groups is 1. The highest BCUT2D eigenvalue weighted by Crippen LogP contribution is 2.31. The van der Waals surface area contributed by atoms with E-state index in [4.69, 9.17) is 5.73 Å². The number of nitrogen functional groups attached to an aromatic ring is 1. The van der Waals surface area contributed by atoms with Crippen LogP contribution in [0.5, 0.6) is 0 Å². The normalized spacial score (nSPS) is 11.5. The fraction of sp³-hybridized carbons (Fsp3) is 0.263. The zero-order valence-electron chi connectivity index (χ0n) is 16.7. The number of aliphatic hydroxyl groups excluding tert-OH is 1. The van der Waals surface area contributed by atoms with E-state index in [0.29, 0.717) is 22.6 Å². The molecular weight excluding hydrogens is 426 g/mol. The van der Waals surface area contributed by atoms with Crippen molar-refractivity contribution in [2.24, 2.45) is 0 Å². The minimum Gasteiger partial charge on any atom is -0.397 e. The molecule has 0 aliphatic carbocycles. The third-order valence-corrected chi connectivity index (χ3v) is 5.83. The first-order valence-corrected chi connectivity index (χ1v) is 9.77. The molecule has 158 valence electrons. The van der Waals surface area contributed by atoms with Gasteiger partial charge in [-0.3, -0.25) is 14.5 Å². The van der Waals surface area contributed by atoms with Crippen LogP contribution in [0, 0.1) is 6.92 Å². The maximum absolute atomic E-state index is 12.8. The summed E-state index contributed by atoms with van der Waals surface area (Å²) in [6, 6.07) is 1.68. The number of aryl methyl sites for hydroxylation is 1. The first-order valence-electron chi connectivity index (χ1n) is 8.95. The molecule has 0 radical (unpaired) electrons. The first-order chi connectivity index (χ1) is 13.8. The lowest BCUT2D eigenvalue weighted by molar-refractivity contribution is 0.102. The Morgan fingerprint density at radius 2 is 2.03 bits per heavy atom. The monoisotopic (exact) mass is 447 g/mol. The van der Waals surface area contributed by atoms with Crippen LogP contribution in [0.3, 0.4) is 0 Å². The van der Waals surface area contributed by atoms with Gasteiger partial charge in [0.25, 0.3) is 5.91 Å². The van der Waals surface area contributed by atoms with Gasteiger partial charge in [-0.15, -0.1) is 23.7 Å². The number of amides is 1. The number of hydrogen-bond acceptors (Lipinski definition) is 7. The summed E-state index contributed by atoms with van der Waals surface area (Å²) in [5.74, 6) is -0.277. The van der Waals surface area contributed by atoms with Crippen molar-refractivity contribution in [2.75, 3.05) is 17.7 Å². The summed E-state index contributed by atoms with van der Waals surface area (Å²) in [5, 5.41) is 21.0. The number of aromatic nitrogens is 5. The Morgan fingerprint density at radius 1 is 1.27 bits per heavy atom. The van der Waals surface area contributed by atoms with E-state index in [1.165, 1.54) is 17.5 Å². The molecule has 0 saturated carbocycles. The van der Waals surface area contributed by atoms with Crippen molar-refractivity contribution in [3.8, 4) is 10.4 Å². The van der Waals surface area contributed by atoms with Crippen LogP contribution in [0.15, 0.2) is 37.1 Å². The predicted octanol–water partition coefficient (Wildman–Crippen LogP) is 2.95. The van der Waals surface area contributed by atoms with Gasteiger partial charge in [0.1, 0.15) is 4.83 Å². The molecule has 0 fully saturated rings. The Kier molecular flexibility index (Phi) is 5.84. The molecule has 0 atom stereocenters. The third-order valence-electron chi connectivity index (χ3n) is 4.67. The van der Waals surface area contributed by atoms with E-state index in [9.17, 15) is 9.90 Å². The third kappa shape index (κ3) is 3.89. The predicted molar refractivity (Wildman–Crippen MR) is 119 cm³/mol. The maximum atomic E-state index is 12.8. The lowest BCUT2D eigenvalue weighted by atomic mass is 10.1. The van der Waals surface area contributed by atoms with Gasteiger partial charge in [-0.1, -0.05) is 0 Å². The van der Waals surface area contributed by atoms with Gasteiger partial charge >= 0.3 is 0 Å². The van der Waals surface area contributed by atoms with Gasteiger partial charge in [0.2, 0.25) is 0 Å². The molecule has 11 heteroatoms. The summed E-state index contributed by atoms with van der Waals surface area (Å²) in [7, 11) is 0. The second-order valence-electron chi connectivity index (χ2n) is 7.40. The fourth-order valence-corrected chi connectivity index (χ4v) is 3.83. The van der Waals surface area contributed by atoms with Crippen LogP contribution >= 0.6 is 23.7 Å². The lowest BCUT2D eigenvalue weighted by Crippen LogP contribution is -2.30. The van der Waals surface area contributed by atoms with Crippen molar-refractivity contribution < 1.29 is 9.90 Å². The van der Waals surface area contributed by atoms with Crippen LogP contribution in [0.2, 0.25) is 0 Å². The van der Waals surface area contributed by atoms with Crippen LogP contribution in [-0.2, 0) is 5.54 Å². The number of carbonyl (C=O) groups excluding carboxylic acids is 1. The average Bonchev–Trinajstić information content (AvgIpc) is 3.39. The fourth-order valence-electron chi connectivity index (χ4n) is 2.79. The van der Waals surface area contributed by atoms with E-state index in [1.807, 2.05) is 26.2 Å². The Balaban J connectivity index is 0.00000256. The smallest absolute Gasteiger partial charge is 0.260 e. The highest BCUT2D eigenvalue weighted by Gasteiger charge is 2.22. The van der Waals surface area contributed by atoms with Gasteiger partial charge < -0.3 is 16.2 Å². The standard InChI is InChI=1S/C19H21N7O2S.ClH/c1-11-15(4-13(20)6-21-11)24-17(28)14-7-22-25-9-16(29-18(14)25)12-5-23-26(8-12)19(2,3)10-27;/h4-9,27H,10,20H2,1-3H3,(H,24,28);1H. The van der Waals surface area contributed by atoms with Crippen molar-refractivity contribution in [1.29, 1.82) is 0 Å². The summed E-state index contributed by atoms with van der Waals surface area (Å²) in [6.07, 6.45) is 8.57. The van der Waals surface area contributed by atoms with Crippen LogP contribution in [0.1, 0.15) is 29.9 Å². The molecule has 0 bridgehead atoms. The van der Waals surface area contributed by atoms with Gasteiger partial charge in [-0.2, -0.15) is 10.2 Å². The minimum absolute atomic E-state index is 0. The number of halogens is 1. The number of aliphatic hydroxyl groups is 1. The topological polar surface area (TPSA) is 123 Å². The van der Waals surface area contributed by atoms with Gasteiger partial charge in [0.05, 0.1) is 58.2 Å². The van der Waals surface area contributed by atoms with E-state index in [0.717, 1.165) is 15.3 Å². The molecule has 0 aliphatic rings. The van der Waals surface area contributed by atoms with Crippen LogP contribution < -0.4 is 11.1 Å². The second kappa shape index (κ2) is 8.05. The summed E-state index contributed by atoms with van der Waals surface area (Å²) in [6.45, 7) is 5.59. The molecule has 4 aromatic rings. The number of thiazole rings is 1. The summed E-state index contributed by atoms with van der Waals surface area (Å²) in [4.78, 5) is 18.6. The molecular formula is C19H22ClN7O2S. The minimum atomic E-state index is -0.496.